The van der Waals surface area contributed by atoms with Crippen molar-refractivity contribution in [1.82, 2.24) is 9.88 Å². The Kier molecular flexibility index (Phi) is 13.7. The van der Waals surface area contributed by atoms with Gasteiger partial charge < -0.3 is 19.9 Å². The highest BCUT2D eigenvalue weighted by Crippen LogP contribution is 2.34. The molecule has 1 N–H and O–H groups in total. The predicted octanol–water partition coefficient (Wildman–Crippen LogP) is 3.01. The smallest absolute Gasteiger partial charge is 0.313 e. The highest BCUT2D eigenvalue weighted by molar-refractivity contribution is 5.91. The molecule has 0 saturated heterocycles. The van der Waals surface area contributed by atoms with Crippen molar-refractivity contribution in [2.24, 2.45) is 0 Å². The van der Waals surface area contributed by atoms with Crippen molar-refractivity contribution in [1.29, 1.82) is 0 Å². The molecule has 0 aromatic carbocycles. The summed E-state index contributed by atoms with van der Waals surface area (Å²) in [7, 11) is 6.94. The van der Waals surface area contributed by atoms with Crippen molar-refractivity contribution in [2.45, 2.75) is 34.6 Å². The second-order valence-electron chi connectivity index (χ2n) is 5.05. The van der Waals surface area contributed by atoms with E-state index in [2.05, 4.69) is 10.3 Å². The van der Waals surface area contributed by atoms with Crippen molar-refractivity contribution in [3.63, 3.8) is 0 Å². The Morgan fingerprint density at radius 3 is 2.15 bits per heavy atom. The molecule has 0 saturated carbocycles. The van der Waals surface area contributed by atoms with Gasteiger partial charge in [0.05, 0.1) is 12.0 Å². The molecule has 0 radical (unpaired) electrons. The number of nitrogens with one attached hydrogen (secondary N) is 1. The molecular formula is C17H33N5O4. The number of anilines is 2. The van der Waals surface area contributed by atoms with Gasteiger partial charge in [0.1, 0.15) is 5.69 Å². The third-order valence-electron chi connectivity index (χ3n) is 2.89. The molecule has 150 valence electrons. The van der Waals surface area contributed by atoms with Crippen LogP contribution in [0.15, 0.2) is 6.07 Å². The fourth-order valence-corrected chi connectivity index (χ4v) is 1.78. The number of amides is 1. The van der Waals surface area contributed by atoms with Crippen LogP contribution in [-0.4, -0.2) is 62.1 Å². The number of hydrogen-bond acceptors (Lipinski definition) is 7. The summed E-state index contributed by atoms with van der Waals surface area (Å²) in [5, 5.41) is 13.8. The number of carbonyl (C=O) groups is 1. The number of carbonyl (C=O) groups excluding carboxylic acids is 1. The van der Waals surface area contributed by atoms with Crippen LogP contribution in [0.4, 0.5) is 17.2 Å². The topological polar surface area (TPSA) is 101 Å². The van der Waals surface area contributed by atoms with E-state index >= 15 is 0 Å². The van der Waals surface area contributed by atoms with Gasteiger partial charge in [0.2, 0.25) is 17.6 Å². The molecule has 0 bridgehead atoms. The average Bonchev–Trinajstić information content (AvgIpc) is 2.62. The molecule has 1 aromatic heterocycles. The van der Waals surface area contributed by atoms with Crippen LogP contribution in [0.3, 0.4) is 0 Å². The quantitative estimate of drug-likeness (QED) is 0.581. The van der Waals surface area contributed by atoms with Crippen LogP contribution in [0.1, 0.15) is 34.6 Å². The third kappa shape index (κ3) is 8.61. The van der Waals surface area contributed by atoms with E-state index in [1.165, 1.54) is 20.1 Å². The van der Waals surface area contributed by atoms with Gasteiger partial charge in [0.25, 0.3) is 0 Å². The first kappa shape index (κ1) is 25.8. The summed E-state index contributed by atoms with van der Waals surface area (Å²) in [5.41, 5.74) is -0.0164. The first-order valence-electron chi connectivity index (χ1n) is 8.63. The number of nitro groups is 1. The average molecular weight is 371 g/mol. The first-order chi connectivity index (χ1) is 12.3. The number of rotatable bonds is 7. The van der Waals surface area contributed by atoms with Gasteiger partial charge in [-0.05, 0) is 14.1 Å². The Morgan fingerprint density at radius 2 is 1.77 bits per heavy atom. The van der Waals surface area contributed by atoms with Crippen LogP contribution >= 0.6 is 0 Å². The zero-order valence-corrected chi connectivity index (χ0v) is 17.4. The molecule has 1 heterocycles. The van der Waals surface area contributed by atoms with Gasteiger partial charge in [-0.1, -0.05) is 27.7 Å². The maximum absolute atomic E-state index is 11.3. The Morgan fingerprint density at radius 1 is 1.23 bits per heavy atom. The molecule has 1 amide bonds. The van der Waals surface area contributed by atoms with Crippen molar-refractivity contribution in [2.75, 3.05) is 51.6 Å². The second kappa shape index (κ2) is 13.8. The number of pyridine rings is 1. The monoisotopic (exact) mass is 371 g/mol. The molecule has 0 atom stereocenters. The summed E-state index contributed by atoms with van der Waals surface area (Å²) in [5.74, 6) is -0.0339. The van der Waals surface area contributed by atoms with Gasteiger partial charge in [0.15, 0.2) is 0 Å². The van der Waals surface area contributed by atoms with E-state index < -0.39 is 4.92 Å². The maximum Gasteiger partial charge on any atom is 0.313 e. The van der Waals surface area contributed by atoms with Gasteiger partial charge in [0, 0.05) is 33.1 Å². The van der Waals surface area contributed by atoms with Crippen LogP contribution in [0.25, 0.3) is 0 Å². The van der Waals surface area contributed by atoms with Gasteiger partial charge in [-0.25, -0.2) is 0 Å². The van der Waals surface area contributed by atoms with Gasteiger partial charge in [-0.15, -0.1) is 0 Å². The lowest BCUT2D eigenvalue weighted by molar-refractivity contribution is -0.384. The fraction of sp³-hybridized carbons (Fsp3) is 0.647. The molecule has 1 rings (SSSR count). The van der Waals surface area contributed by atoms with Gasteiger partial charge >= 0.3 is 5.69 Å². The second-order valence-corrected chi connectivity index (χ2v) is 5.05. The molecule has 1 aromatic rings. The molecule has 0 aliphatic carbocycles. The van der Waals surface area contributed by atoms with Crippen molar-refractivity contribution >= 4 is 23.1 Å². The van der Waals surface area contributed by atoms with Crippen LogP contribution in [0.5, 0.6) is 5.88 Å². The Hall–Kier alpha value is -2.42. The number of ether oxygens (including phenoxy) is 1. The van der Waals surface area contributed by atoms with Crippen molar-refractivity contribution in [3.8, 4) is 5.88 Å². The van der Waals surface area contributed by atoms with Crippen LogP contribution in [0.2, 0.25) is 0 Å². The molecule has 26 heavy (non-hydrogen) atoms. The zero-order valence-electron chi connectivity index (χ0n) is 17.4. The predicted molar refractivity (Wildman–Crippen MR) is 106 cm³/mol. The van der Waals surface area contributed by atoms with E-state index in [0.29, 0.717) is 13.1 Å². The number of nitrogens with zero attached hydrogens (tertiary/aromatic N) is 4. The Bertz CT molecular complexity index is 564. The van der Waals surface area contributed by atoms with E-state index in [4.69, 9.17) is 4.74 Å². The summed E-state index contributed by atoms with van der Waals surface area (Å²) in [4.78, 5) is 29.7. The fourth-order valence-electron chi connectivity index (χ4n) is 1.78. The van der Waals surface area contributed by atoms with E-state index in [-0.39, 0.29) is 29.0 Å². The molecular weight excluding hydrogens is 338 g/mol. The summed E-state index contributed by atoms with van der Waals surface area (Å²) in [6.45, 7) is 10.6. The summed E-state index contributed by atoms with van der Waals surface area (Å²) >= 11 is 0. The highest BCUT2D eigenvalue weighted by atomic mass is 16.6. The van der Waals surface area contributed by atoms with E-state index in [9.17, 15) is 14.9 Å². The summed E-state index contributed by atoms with van der Waals surface area (Å²) in [6.07, 6.45) is 0. The maximum atomic E-state index is 11.3. The molecule has 0 aliphatic heterocycles. The largest absolute Gasteiger partial charge is 0.479 e. The Balaban J connectivity index is 0. The Labute approximate surface area is 156 Å². The summed E-state index contributed by atoms with van der Waals surface area (Å²) < 4.78 is 5.11. The minimum absolute atomic E-state index is 0.132. The molecule has 0 spiro atoms. The van der Waals surface area contributed by atoms with Crippen LogP contribution < -0.4 is 15.0 Å². The van der Waals surface area contributed by atoms with Crippen LogP contribution in [0, 0.1) is 10.1 Å². The SMILES string of the molecule is CC.CC.COc1nc(N(C)CCN(C)C)c([N+](=O)[O-])cc1NC(C)=O. The van der Waals surface area contributed by atoms with Crippen molar-refractivity contribution < 1.29 is 14.5 Å². The lowest BCUT2D eigenvalue weighted by Gasteiger charge is -2.21. The molecule has 9 nitrogen and oxygen atoms in total. The lowest BCUT2D eigenvalue weighted by Crippen LogP contribution is -2.29. The number of hydrogen-bond donors (Lipinski definition) is 1. The minimum atomic E-state index is -0.529. The number of likely N-dealkylation sites (N-methyl/N-ethyl adjacent to an activating group) is 2. The first-order valence-corrected chi connectivity index (χ1v) is 8.63. The molecule has 0 fully saturated rings. The van der Waals surface area contributed by atoms with Gasteiger partial charge in [-0.3, -0.25) is 14.9 Å². The zero-order chi connectivity index (χ0) is 20.9. The van der Waals surface area contributed by atoms with E-state index in [1.54, 1.807) is 11.9 Å². The molecule has 9 heteroatoms. The third-order valence-corrected chi connectivity index (χ3v) is 2.89. The van der Waals surface area contributed by atoms with Crippen LogP contribution in [-0.2, 0) is 4.79 Å². The van der Waals surface area contributed by atoms with E-state index in [0.717, 1.165) is 0 Å². The number of methoxy groups -OCH3 is 1. The molecule has 0 aliphatic rings. The molecule has 0 unspecified atom stereocenters. The summed E-state index contributed by atoms with van der Waals surface area (Å²) in [6, 6.07) is 1.26. The van der Waals surface area contributed by atoms with Crippen molar-refractivity contribution in [3.05, 3.63) is 16.2 Å². The highest BCUT2D eigenvalue weighted by Gasteiger charge is 2.24. The van der Waals surface area contributed by atoms with E-state index in [1.807, 2.05) is 46.7 Å². The standard InChI is InChI=1S/C13H21N5O4.2C2H6/c1-9(19)14-10-8-11(18(20)21)12(15-13(10)22-5)17(4)7-6-16(2)3;2*1-2/h8H,6-7H2,1-5H3,(H,14,19);2*1-2H3. The lowest BCUT2D eigenvalue weighted by atomic mass is 10.3. The van der Waals surface area contributed by atoms with Gasteiger partial charge in [-0.2, -0.15) is 4.98 Å². The normalized spacial score (nSPS) is 9.31. The number of aromatic nitrogens is 1. The minimum Gasteiger partial charge on any atom is -0.479 e.